The van der Waals surface area contributed by atoms with Crippen LogP contribution in [-0.2, 0) is 0 Å². The van der Waals surface area contributed by atoms with E-state index < -0.39 is 0 Å². The second-order valence-corrected chi connectivity index (χ2v) is 5.74. The zero-order valence-electron chi connectivity index (χ0n) is 14.1. The number of anilines is 2. The predicted octanol–water partition coefficient (Wildman–Crippen LogP) is 4.52. The van der Waals surface area contributed by atoms with Crippen molar-refractivity contribution in [1.82, 2.24) is 0 Å². The van der Waals surface area contributed by atoms with Gasteiger partial charge in [-0.15, -0.1) is 0 Å². The van der Waals surface area contributed by atoms with Crippen LogP contribution >= 0.6 is 0 Å². The summed E-state index contributed by atoms with van der Waals surface area (Å²) >= 11 is 0. The molecule has 0 radical (unpaired) electrons. The number of nitrogens with one attached hydrogen (secondary N) is 2. The van der Waals surface area contributed by atoms with Gasteiger partial charge < -0.3 is 11.1 Å². The number of benzene rings is 3. The zero-order valence-corrected chi connectivity index (χ0v) is 14.1. The van der Waals surface area contributed by atoms with Gasteiger partial charge in [-0.05, 0) is 18.2 Å². The third-order valence-corrected chi connectivity index (χ3v) is 3.88. The van der Waals surface area contributed by atoms with Crippen LogP contribution in [0.5, 0.6) is 0 Å². The molecule has 0 aliphatic carbocycles. The van der Waals surface area contributed by atoms with Crippen molar-refractivity contribution in [3.63, 3.8) is 0 Å². The first-order chi connectivity index (χ1) is 12.6. The number of carbonyl (C=O) groups is 1. The van der Waals surface area contributed by atoms with Gasteiger partial charge in [0, 0.05) is 28.6 Å². The van der Waals surface area contributed by atoms with E-state index in [4.69, 9.17) is 11.1 Å². The maximum absolute atomic E-state index is 12.3. The third kappa shape index (κ3) is 4.05. The summed E-state index contributed by atoms with van der Waals surface area (Å²) in [4.78, 5) is 12.3. The van der Waals surface area contributed by atoms with Crippen molar-refractivity contribution >= 4 is 22.9 Å². The largest absolute Gasteiger partial charge is 0.397 e. The van der Waals surface area contributed by atoms with E-state index in [0.29, 0.717) is 11.1 Å². The van der Waals surface area contributed by atoms with Crippen LogP contribution in [0.3, 0.4) is 0 Å². The molecule has 0 aromatic heterocycles. The summed E-state index contributed by atoms with van der Waals surface area (Å²) in [5, 5.41) is 11.7. The molecule has 0 spiro atoms. The first-order valence-electron chi connectivity index (χ1n) is 8.22. The lowest BCUT2D eigenvalue weighted by Crippen LogP contribution is -2.15. The molecule has 128 valence electrons. The average molecular weight is 341 g/mol. The Morgan fingerprint density at radius 1 is 0.846 bits per heavy atom. The first-order valence-corrected chi connectivity index (χ1v) is 8.22. The summed E-state index contributed by atoms with van der Waals surface area (Å²) in [6.45, 7) is 0. The monoisotopic (exact) mass is 341 g/mol. The smallest absolute Gasteiger partial charge is 0.187 e. The van der Waals surface area contributed by atoms with Gasteiger partial charge >= 0.3 is 0 Å². The molecule has 0 atom stereocenters. The van der Waals surface area contributed by atoms with Crippen LogP contribution in [0.4, 0.5) is 11.4 Å². The molecule has 3 aromatic carbocycles. The highest BCUT2D eigenvalue weighted by Crippen LogP contribution is 2.22. The standard InChI is InChI=1S/C22H19N3O/c23-19(15-21(26)16-9-3-1-4-10-16)22(24)18-13-7-8-14-20(18)25-17-11-5-2-6-12-17/h1-15,24-25H,23H2. The highest BCUT2D eigenvalue weighted by molar-refractivity contribution is 6.17. The van der Waals surface area contributed by atoms with Gasteiger partial charge in [0.15, 0.2) is 5.78 Å². The highest BCUT2D eigenvalue weighted by atomic mass is 16.1. The molecular weight excluding hydrogens is 322 g/mol. The van der Waals surface area contributed by atoms with Crippen molar-refractivity contribution in [3.05, 3.63) is 108 Å². The van der Waals surface area contributed by atoms with Crippen LogP contribution < -0.4 is 11.1 Å². The Hall–Kier alpha value is -3.66. The van der Waals surface area contributed by atoms with E-state index in [1.165, 1.54) is 6.08 Å². The van der Waals surface area contributed by atoms with E-state index >= 15 is 0 Å². The molecule has 0 fully saturated rings. The number of rotatable bonds is 6. The van der Waals surface area contributed by atoms with Crippen LogP contribution in [0.2, 0.25) is 0 Å². The van der Waals surface area contributed by atoms with E-state index in [1.807, 2.05) is 54.6 Å². The number of allylic oxidation sites excluding steroid dienone is 2. The van der Waals surface area contributed by atoms with Crippen molar-refractivity contribution in [2.24, 2.45) is 5.73 Å². The molecular formula is C22H19N3O. The molecule has 0 aliphatic heterocycles. The van der Waals surface area contributed by atoms with Crippen LogP contribution in [0.1, 0.15) is 15.9 Å². The Balaban J connectivity index is 1.85. The summed E-state index contributed by atoms with van der Waals surface area (Å²) in [6, 6.07) is 26.0. The molecule has 3 rings (SSSR count). The van der Waals surface area contributed by atoms with E-state index in [1.54, 1.807) is 30.3 Å². The summed E-state index contributed by atoms with van der Waals surface area (Å²) in [6.07, 6.45) is 1.30. The molecule has 0 saturated carbocycles. The molecule has 0 aliphatic rings. The van der Waals surface area contributed by atoms with Crippen molar-refractivity contribution in [1.29, 1.82) is 5.41 Å². The Morgan fingerprint density at radius 3 is 2.12 bits per heavy atom. The Labute approximate surface area is 152 Å². The fourth-order valence-corrected chi connectivity index (χ4v) is 2.54. The van der Waals surface area contributed by atoms with Gasteiger partial charge in [-0.3, -0.25) is 10.2 Å². The van der Waals surface area contributed by atoms with Crippen LogP contribution in [0.15, 0.2) is 96.7 Å². The van der Waals surface area contributed by atoms with Gasteiger partial charge in [0.05, 0.1) is 11.4 Å². The van der Waals surface area contributed by atoms with Gasteiger partial charge in [0.2, 0.25) is 0 Å². The van der Waals surface area contributed by atoms with Crippen molar-refractivity contribution in [3.8, 4) is 0 Å². The van der Waals surface area contributed by atoms with Crippen molar-refractivity contribution < 1.29 is 4.79 Å². The minimum atomic E-state index is -0.221. The van der Waals surface area contributed by atoms with E-state index in [9.17, 15) is 4.79 Å². The summed E-state index contributed by atoms with van der Waals surface area (Å²) < 4.78 is 0. The lowest BCUT2D eigenvalue weighted by Gasteiger charge is -2.13. The Bertz CT molecular complexity index is 947. The molecule has 0 heterocycles. The van der Waals surface area contributed by atoms with Gasteiger partial charge in [-0.2, -0.15) is 0 Å². The molecule has 0 amide bonds. The zero-order chi connectivity index (χ0) is 18.4. The summed E-state index contributed by atoms with van der Waals surface area (Å²) in [5.41, 5.74) is 9.11. The number of hydrogen-bond acceptors (Lipinski definition) is 4. The maximum atomic E-state index is 12.3. The van der Waals surface area contributed by atoms with Crippen LogP contribution in [0.25, 0.3) is 0 Å². The van der Waals surface area contributed by atoms with Crippen molar-refractivity contribution in [2.45, 2.75) is 0 Å². The molecule has 3 aromatic rings. The normalized spacial score (nSPS) is 11.0. The van der Waals surface area contributed by atoms with Gasteiger partial charge in [0.1, 0.15) is 0 Å². The second-order valence-electron chi connectivity index (χ2n) is 5.74. The fourth-order valence-electron chi connectivity index (χ4n) is 2.54. The molecule has 0 saturated heterocycles. The van der Waals surface area contributed by atoms with Gasteiger partial charge in [0.25, 0.3) is 0 Å². The van der Waals surface area contributed by atoms with E-state index in [2.05, 4.69) is 5.32 Å². The summed E-state index contributed by atoms with van der Waals surface area (Å²) in [5.74, 6) is -0.221. The SMILES string of the molecule is N=C(C(N)=CC(=O)c1ccccc1)c1ccccc1Nc1ccccc1. The van der Waals surface area contributed by atoms with Crippen molar-refractivity contribution in [2.75, 3.05) is 5.32 Å². The third-order valence-electron chi connectivity index (χ3n) is 3.88. The number of hydrogen-bond donors (Lipinski definition) is 3. The fraction of sp³-hybridized carbons (Fsp3) is 0. The minimum Gasteiger partial charge on any atom is -0.397 e. The quantitative estimate of drug-likeness (QED) is 0.350. The lowest BCUT2D eigenvalue weighted by molar-refractivity contribution is 0.104. The number of para-hydroxylation sites is 2. The van der Waals surface area contributed by atoms with Gasteiger partial charge in [-0.25, -0.2) is 0 Å². The van der Waals surface area contributed by atoms with E-state index in [0.717, 1.165) is 11.4 Å². The highest BCUT2D eigenvalue weighted by Gasteiger charge is 2.12. The maximum Gasteiger partial charge on any atom is 0.187 e. The lowest BCUT2D eigenvalue weighted by atomic mass is 10.0. The van der Waals surface area contributed by atoms with Crippen LogP contribution in [-0.4, -0.2) is 11.5 Å². The minimum absolute atomic E-state index is 0.105. The molecule has 0 unspecified atom stereocenters. The average Bonchev–Trinajstić information content (AvgIpc) is 2.69. The predicted molar refractivity (Wildman–Crippen MR) is 106 cm³/mol. The molecule has 26 heavy (non-hydrogen) atoms. The Kier molecular flexibility index (Phi) is 5.25. The van der Waals surface area contributed by atoms with Crippen LogP contribution in [0, 0.1) is 5.41 Å². The Morgan fingerprint density at radius 2 is 1.42 bits per heavy atom. The van der Waals surface area contributed by atoms with E-state index in [-0.39, 0.29) is 17.2 Å². The second kappa shape index (κ2) is 7.94. The molecule has 0 bridgehead atoms. The number of carbonyl (C=O) groups excluding carboxylic acids is 1. The topological polar surface area (TPSA) is 79.0 Å². The molecule has 4 N–H and O–H groups in total. The first kappa shape index (κ1) is 17.2. The summed E-state index contributed by atoms with van der Waals surface area (Å²) in [7, 11) is 0. The number of nitrogens with two attached hydrogens (primary N) is 1. The number of ketones is 1. The van der Waals surface area contributed by atoms with Gasteiger partial charge in [-0.1, -0.05) is 66.7 Å². The molecule has 4 nitrogen and oxygen atoms in total. The molecule has 4 heteroatoms.